The van der Waals surface area contributed by atoms with Crippen LogP contribution in [0.5, 0.6) is 0 Å². The SMILES string of the molecule is Nc1nc(N)nc(COC(=O)c2ccc(Br)o2)n1. The summed E-state index contributed by atoms with van der Waals surface area (Å²) in [6.07, 6.45) is 0. The number of rotatable bonds is 3. The molecule has 0 unspecified atom stereocenters. The van der Waals surface area contributed by atoms with Crippen molar-refractivity contribution in [3.8, 4) is 0 Å². The minimum absolute atomic E-state index is 0.0331. The van der Waals surface area contributed by atoms with Crippen LogP contribution in [0.2, 0.25) is 0 Å². The lowest BCUT2D eigenvalue weighted by molar-refractivity contribution is 0.0424. The van der Waals surface area contributed by atoms with Crippen LogP contribution in [-0.4, -0.2) is 20.9 Å². The van der Waals surface area contributed by atoms with E-state index < -0.39 is 5.97 Å². The second kappa shape index (κ2) is 5.00. The zero-order valence-electron chi connectivity index (χ0n) is 8.96. The third-order valence-corrected chi connectivity index (χ3v) is 2.25. The number of carbonyl (C=O) groups excluding carboxylic acids is 1. The van der Waals surface area contributed by atoms with E-state index >= 15 is 0 Å². The van der Waals surface area contributed by atoms with Gasteiger partial charge >= 0.3 is 5.97 Å². The van der Waals surface area contributed by atoms with Crippen molar-refractivity contribution in [2.75, 3.05) is 11.5 Å². The van der Waals surface area contributed by atoms with Crippen molar-refractivity contribution < 1.29 is 13.9 Å². The molecule has 8 nitrogen and oxygen atoms in total. The number of anilines is 2. The molecule has 0 radical (unpaired) electrons. The van der Waals surface area contributed by atoms with Crippen molar-refractivity contribution in [1.29, 1.82) is 0 Å². The summed E-state index contributed by atoms with van der Waals surface area (Å²) in [7, 11) is 0. The van der Waals surface area contributed by atoms with Crippen LogP contribution in [-0.2, 0) is 11.3 Å². The number of nitrogens with zero attached hydrogens (tertiary/aromatic N) is 3. The molecule has 0 fully saturated rings. The Morgan fingerprint density at radius 2 is 1.94 bits per heavy atom. The van der Waals surface area contributed by atoms with Gasteiger partial charge in [-0.15, -0.1) is 0 Å². The molecule has 0 bridgehead atoms. The molecule has 0 atom stereocenters. The number of ether oxygens (including phenoxy) is 1. The summed E-state index contributed by atoms with van der Waals surface area (Å²) in [6, 6.07) is 3.05. The van der Waals surface area contributed by atoms with Gasteiger partial charge in [-0.3, -0.25) is 0 Å². The first-order valence-electron chi connectivity index (χ1n) is 4.73. The maximum atomic E-state index is 11.5. The predicted octanol–water partition coefficient (Wildman–Crippen LogP) is 0.748. The largest absolute Gasteiger partial charge is 0.452 e. The first kappa shape index (κ1) is 12.3. The van der Waals surface area contributed by atoms with Gasteiger partial charge in [-0.25, -0.2) is 4.79 Å². The molecule has 0 saturated heterocycles. The maximum absolute atomic E-state index is 11.5. The molecule has 2 heterocycles. The molecule has 0 spiro atoms. The molecular formula is C9H8BrN5O3. The molecule has 0 aromatic carbocycles. The van der Waals surface area contributed by atoms with Crippen LogP contribution in [0.15, 0.2) is 21.2 Å². The topological polar surface area (TPSA) is 130 Å². The van der Waals surface area contributed by atoms with Gasteiger partial charge in [-0.05, 0) is 28.1 Å². The van der Waals surface area contributed by atoms with Gasteiger partial charge in [0.05, 0.1) is 0 Å². The second-order valence-corrected chi connectivity index (χ2v) is 3.93. The Kier molecular flexibility index (Phi) is 3.42. The molecule has 2 aromatic heterocycles. The summed E-state index contributed by atoms with van der Waals surface area (Å²) < 4.78 is 10.4. The first-order chi connectivity index (χ1) is 8.54. The molecule has 2 rings (SSSR count). The Bertz CT molecular complexity index is 565. The van der Waals surface area contributed by atoms with Crippen LogP contribution in [0.4, 0.5) is 11.9 Å². The van der Waals surface area contributed by atoms with Crippen molar-refractivity contribution in [2.45, 2.75) is 6.61 Å². The number of carbonyl (C=O) groups is 1. The highest BCUT2D eigenvalue weighted by molar-refractivity contribution is 9.10. The molecule has 0 aliphatic carbocycles. The molecule has 0 amide bonds. The fraction of sp³-hybridized carbons (Fsp3) is 0.111. The molecule has 18 heavy (non-hydrogen) atoms. The normalized spacial score (nSPS) is 10.3. The van der Waals surface area contributed by atoms with Crippen LogP contribution in [0.1, 0.15) is 16.4 Å². The van der Waals surface area contributed by atoms with Gasteiger partial charge in [0.15, 0.2) is 17.1 Å². The summed E-state index contributed by atoms with van der Waals surface area (Å²) in [4.78, 5) is 22.6. The average molecular weight is 314 g/mol. The van der Waals surface area contributed by atoms with Gasteiger partial charge in [-0.2, -0.15) is 15.0 Å². The fourth-order valence-electron chi connectivity index (χ4n) is 1.15. The number of esters is 1. The van der Waals surface area contributed by atoms with Crippen molar-refractivity contribution >= 4 is 33.8 Å². The third kappa shape index (κ3) is 2.94. The quantitative estimate of drug-likeness (QED) is 0.794. The summed E-state index contributed by atoms with van der Waals surface area (Å²) in [6.45, 7) is -0.173. The van der Waals surface area contributed by atoms with Crippen LogP contribution >= 0.6 is 15.9 Å². The van der Waals surface area contributed by atoms with Gasteiger partial charge in [-0.1, -0.05) is 0 Å². The molecule has 0 saturated carbocycles. The molecule has 4 N–H and O–H groups in total. The molecule has 2 aromatic rings. The lowest BCUT2D eigenvalue weighted by Gasteiger charge is -2.02. The van der Waals surface area contributed by atoms with E-state index in [-0.39, 0.29) is 30.1 Å². The molecule has 9 heteroatoms. The number of hydrogen-bond acceptors (Lipinski definition) is 8. The number of nitrogen functional groups attached to an aromatic ring is 2. The summed E-state index contributed by atoms with van der Waals surface area (Å²) >= 11 is 3.08. The minimum atomic E-state index is -0.641. The summed E-state index contributed by atoms with van der Waals surface area (Å²) in [5.74, 6) is -0.474. The summed E-state index contributed by atoms with van der Waals surface area (Å²) in [5, 5.41) is 0. The van der Waals surface area contributed by atoms with Gasteiger partial charge < -0.3 is 20.6 Å². The van der Waals surface area contributed by atoms with Crippen molar-refractivity contribution in [2.24, 2.45) is 0 Å². The van der Waals surface area contributed by atoms with E-state index in [9.17, 15) is 4.79 Å². The highest BCUT2D eigenvalue weighted by atomic mass is 79.9. The number of furan rings is 1. The lowest BCUT2D eigenvalue weighted by atomic mass is 10.4. The van der Waals surface area contributed by atoms with E-state index in [2.05, 4.69) is 30.9 Å². The van der Waals surface area contributed by atoms with Crippen LogP contribution < -0.4 is 11.5 Å². The Morgan fingerprint density at radius 3 is 2.50 bits per heavy atom. The smallest absolute Gasteiger partial charge is 0.374 e. The van der Waals surface area contributed by atoms with Crippen molar-refractivity contribution in [3.63, 3.8) is 0 Å². The highest BCUT2D eigenvalue weighted by Gasteiger charge is 2.13. The molecule has 0 aliphatic rings. The molecular weight excluding hydrogens is 306 g/mol. The lowest BCUT2D eigenvalue weighted by Crippen LogP contribution is -2.10. The standard InChI is InChI=1S/C9H8BrN5O3/c10-5-2-1-4(18-5)7(16)17-3-6-13-8(11)15-9(12)14-6/h1-2H,3H2,(H4,11,12,13,14,15). The minimum Gasteiger partial charge on any atom is -0.452 e. The summed E-state index contributed by atoms with van der Waals surface area (Å²) in [5.41, 5.74) is 10.7. The van der Waals surface area contributed by atoms with Crippen LogP contribution in [0.25, 0.3) is 0 Å². The molecule has 0 aliphatic heterocycles. The highest BCUT2D eigenvalue weighted by Crippen LogP contribution is 2.15. The van der Waals surface area contributed by atoms with Crippen LogP contribution in [0.3, 0.4) is 0 Å². The van der Waals surface area contributed by atoms with Gasteiger partial charge in [0.2, 0.25) is 17.7 Å². The average Bonchev–Trinajstić information content (AvgIpc) is 2.71. The van der Waals surface area contributed by atoms with E-state index in [1.807, 2.05) is 0 Å². The predicted molar refractivity (Wildman–Crippen MR) is 64.2 cm³/mol. The molecule has 94 valence electrons. The zero-order chi connectivity index (χ0) is 13.1. The number of aromatic nitrogens is 3. The van der Waals surface area contributed by atoms with E-state index in [0.717, 1.165) is 0 Å². The van der Waals surface area contributed by atoms with Gasteiger partial charge in [0.1, 0.15) is 0 Å². The third-order valence-electron chi connectivity index (χ3n) is 1.82. The van der Waals surface area contributed by atoms with Gasteiger partial charge in [0.25, 0.3) is 0 Å². The number of hydrogen-bond donors (Lipinski definition) is 2. The number of nitrogens with two attached hydrogens (primary N) is 2. The maximum Gasteiger partial charge on any atom is 0.374 e. The van der Waals surface area contributed by atoms with Crippen LogP contribution in [0, 0.1) is 0 Å². The van der Waals surface area contributed by atoms with E-state index in [1.165, 1.54) is 6.07 Å². The van der Waals surface area contributed by atoms with Gasteiger partial charge in [0, 0.05) is 0 Å². The number of halogens is 1. The Hall–Kier alpha value is -2.16. The van der Waals surface area contributed by atoms with E-state index in [0.29, 0.717) is 4.67 Å². The van der Waals surface area contributed by atoms with E-state index in [1.54, 1.807) is 6.07 Å². The Morgan fingerprint density at radius 1 is 1.28 bits per heavy atom. The second-order valence-electron chi connectivity index (χ2n) is 3.15. The first-order valence-corrected chi connectivity index (χ1v) is 5.52. The van der Waals surface area contributed by atoms with Crippen molar-refractivity contribution in [1.82, 2.24) is 15.0 Å². The Balaban J connectivity index is 2.01. The van der Waals surface area contributed by atoms with Crippen molar-refractivity contribution in [3.05, 3.63) is 28.4 Å². The van der Waals surface area contributed by atoms with E-state index in [4.69, 9.17) is 20.6 Å². The monoisotopic (exact) mass is 313 g/mol. The Labute approximate surface area is 109 Å². The fourth-order valence-corrected chi connectivity index (χ4v) is 1.45. The zero-order valence-corrected chi connectivity index (χ0v) is 10.5.